The van der Waals surface area contributed by atoms with Gasteiger partial charge in [-0.15, -0.1) is 0 Å². The molecule has 8 heteroatoms. The minimum absolute atomic E-state index is 0.209. The highest BCUT2D eigenvalue weighted by Crippen LogP contribution is 2.31. The van der Waals surface area contributed by atoms with E-state index in [1.165, 1.54) is 0 Å². The van der Waals surface area contributed by atoms with Gasteiger partial charge in [0, 0.05) is 12.1 Å². The topological polar surface area (TPSA) is 93.8 Å². The Kier molecular flexibility index (Phi) is 10.9. The summed E-state index contributed by atoms with van der Waals surface area (Å²) in [5.74, 6) is 0.447. The van der Waals surface area contributed by atoms with Crippen LogP contribution in [0.3, 0.4) is 0 Å². The summed E-state index contributed by atoms with van der Waals surface area (Å²) in [6.45, 7) is 1.59. The molecule has 0 aromatic heterocycles. The fraction of sp³-hybridized carbons (Fsp3) is 0.435. The van der Waals surface area contributed by atoms with E-state index in [1.54, 1.807) is 19.2 Å². The number of halogens is 2. The number of nitrogen functional groups attached to an aromatic ring is 1. The maximum absolute atomic E-state index is 12.0. The van der Waals surface area contributed by atoms with Gasteiger partial charge < -0.3 is 25.6 Å². The van der Waals surface area contributed by atoms with Crippen molar-refractivity contribution < 1.29 is 19.4 Å². The second-order valence-electron chi connectivity index (χ2n) is 7.24. The number of anilines is 1. The first-order valence-corrected chi connectivity index (χ1v) is 11.1. The summed E-state index contributed by atoms with van der Waals surface area (Å²) in [6.07, 6.45) is 3.26. The van der Waals surface area contributed by atoms with Crippen LogP contribution in [0.15, 0.2) is 36.4 Å². The lowest BCUT2D eigenvalue weighted by Gasteiger charge is -2.14. The lowest BCUT2D eigenvalue weighted by atomic mass is 10.1. The van der Waals surface area contributed by atoms with E-state index in [2.05, 4.69) is 5.32 Å². The normalized spacial score (nSPS) is 11.9. The largest absolute Gasteiger partial charge is 0.496 e. The third-order valence-electron chi connectivity index (χ3n) is 4.86. The van der Waals surface area contributed by atoms with Crippen molar-refractivity contribution in [1.29, 1.82) is 0 Å². The molecule has 4 N–H and O–H groups in total. The van der Waals surface area contributed by atoms with E-state index in [0.29, 0.717) is 40.2 Å². The molecule has 170 valence electrons. The maximum Gasteiger partial charge on any atom is 0.310 e. The first-order valence-electron chi connectivity index (χ1n) is 10.3. The van der Waals surface area contributed by atoms with Gasteiger partial charge in [-0.3, -0.25) is 4.79 Å². The van der Waals surface area contributed by atoms with Crippen LogP contribution in [0.5, 0.6) is 5.75 Å². The van der Waals surface area contributed by atoms with Crippen molar-refractivity contribution in [2.75, 3.05) is 32.5 Å². The molecule has 31 heavy (non-hydrogen) atoms. The summed E-state index contributed by atoms with van der Waals surface area (Å²) in [7, 11) is 1.59. The third-order valence-corrected chi connectivity index (χ3v) is 5.49. The Bertz CT molecular complexity index is 825. The first kappa shape index (κ1) is 25.3. The number of aliphatic hydroxyl groups excluding tert-OH is 1. The van der Waals surface area contributed by atoms with E-state index in [4.69, 9.17) is 38.4 Å². The maximum atomic E-state index is 12.0. The number of carbonyl (C=O) groups is 1. The smallest absolute Gasteiger partial charge is 0.310 e. The van der Waals surface area contributed by atoms with Gasteiger partial charge >= 0.3 is 5.97 Å². The summed E-state index contributed by atoms with van der Waals surface area (Å²) in [6, 6.07) is 10.7. The van der Waals surface area contributed by atoms with Gasteiger partial charge in [-0.2, -0.15) is 0 Å². The Morgan fingerprint density at radius 2 is 1.81 bits per heavy atom. The lowest BCUT2D eigenvalue weighted by Crippen LogP contribution is -2.22. The number of para-hydroxylation sites is 1. The summed E-state index contributed by atoms with van der Waals surface area (Å²) >= 11 is 12.0. The van der Waals surface area contributed by atoms with Crippen LogP contribution in [0.4, 0.5) is 5.69 Å². The molecule has 6 nitrogen and oxygen atoms in total. The van der Waals surface area contributed by atoms with Crippen molar-refractivity contribution in [2.24, 2.45) is 0 Å². The second kappa shape index (κ2) is 13.4. The standard InChI is InChI=1S/C23H30Cl2N2O4/c1-30-21-9-5-4-8-16(21)14-22(29)31-11-7-3-2-6-10-27-15-20(28)17-12-18(24)23(26)19(25)13-17/h4-5,8-9,12-13,20,27-28H,2-3,6-7,10-11,14-15,26H2,1H3. The van der Waals surface area contributed by atoms with E-state index in [0.717, 1.165) is 37.8 Å². The van der Waals surface area contributed by atoms with Crippen LogP contribution in [0, 0.1) is 0 Å². The van der Waals surface area contributed by atoms with E-state index in [-0.39, 0.29) is 12.4 Å². The van der Waals surface area contributed by atoms with Crippen molar-refractivity contribution >= 4 is 34.9 Å². The van der Waals surface area contributed by atoms with Crippen LogP contribution >= 0.6 is 23.2 Å². The highest BCUT2D eigenvalue weighted by atomic mass is 35.5. The highest BCUT2D eigenvalue weighted by Gasteiger charge is 2.12. The number of hydrogen-bond acceptors (Lipinski definition) is 6. The summed E-state index contributed by atoms with van der Waals surface area (Å²) in [4.78, 5) is 12.0. The van der Waals surface area contributed by atoms with E-state index in [1.807, 2.05) is 24.3 Å². The quantitative estimate of drug-likeness (QED) is 0.226. The van der Waals surface area contributed by atoms with Crippen LogP contribution in [-0.4, -0.2) is 37.9 Å². The van der Waals surface area contributed by atoms with Crippen LogP contribution < -0.4 is 15.8 Å². The van der Waals surface area contributed by atoms with Crippen LogP contribution in [-0.2, 0) is 16.0 Å². The molecule has 2 aromatic carbocycles. The highest BCUT2D eigenvalue weighted by molar-refractivity contribution is 6.38. The number of carbonyl (C=O) groups excluding carboxylic acids is 1. The summed E-state index contributed by atoms with van der Waals surface area (Å²) in [5, 5.41) is 14.1. The van der Waals surface area contributed by atoms with Crippen molar-refractivity contribution in [3.05, 3.63) is 57.6 Å². The molecular formula is C23H30Cl2N2O4. The number of rotatable bonds is 13. The minimum Gasteiger partial charge on any atom is -0.496 e. The van der Waals surface area contributed by atoms with Gasteiger partial charge in [0.25, 0.3) is 0 Å². The minimum atomic E-state index is -0.710. The number of unbranched alkanes of at least 4 members (excludes halogenated alkanes) is 3. The predicted molar refractivity (Wildman–Crippen MR) is 125 cm³/mol. The molecule has 0 heterocycles. The van der Waals surface area contributed by atoms with Gasteiger partial charge in [0.1, 0.15) is 5.75 Å². The number of nitrogens with one attached hydrogen (secondary N) is 1. The molecule has 2 aromatic rings. The number of esters is 1. The Morgan fingerprint density at radius 1 is 1.13 bits per heavy atom. The molecule has 1 unspecified atom stereocenters. The van der Waals surface area contributed by atoms with Crippen molar-refractivity contribution in [2.45, 2.75) is 38.2 Å². The summed E-state index contributed by atoms with van der Waals surface area (Å²) in [5.41, 5.74) is 7.48. The fourth-order valence-electron chi connectivity index (χ4n) is 3.10. The molecule has 0 aliphatic carbocycles. The van der Waals surface area contributed by atoms with Crippen LogP contribution in [0.1, 0.15) is 42.9 Å². The molecule has 2 rings (SSSR count). The molecule has 0 radical (unpaired) electrons. The summed E-state index contributed by atoms with van der Waals surface area (Å²) < 4.78 is 10.6. The fourth-order valence-corrected chi connectivity index (χ4v) is 3.60. The van der Waals surface area contributed by atoms with Crippen molar-refractivity contribution in [3.8, 4) is 5.75 Å². The van der Waals surface area contributed by atoms with Gasteiger partial charge in [0.05, 0.1) is 42.0 Å². The van der Waals surface area contributed by atoms with E-state index < -0.39 is 6.10 Å². The Balaban J connectivity index is 1.52. The molecule has 0 saturated carbocycles. The number of ether oxygens (including phenoxy) is 2. The first-order chi connectivity index (χ1) is 14.9. The molecule has 0 aliphatic heterocycles. The van der Waals surface area contributed by atoms with Crippen molar-refractivity contribution in [1.82, 2.24) is 5.32 Å². The predicted octanol–water partition coefficient (Wildman–Crippen LogP) is 4.55. The third kappa shape index (κ3) is 8.57. The molecule has 0 saturated heterocycles. The zero-order valence-corrected chi connectivity index (χ0v) is 19.2. The molecule has 1 atom stereocenters. The number of hydrogen-bond donors (Lipinski definition) is 3. The number of nitrogens with two attached hydrogens (primary N) is 1. The average Bonchev–Trinajstić information content (AvgIpc) is 2.76. The molecule has 0 spiro atoms. The van der Waals surface area contributed by atoms with Gasteiger partial charge in [-0.05, 0) is 43.1 Å². The average molecular weight is 469 g/mol. The van der Waals surface area contributed by atoms with Crippen molar-refractivity contribution in [3.63, 3.8) is 0 Å². The Hall–Kier alpha value is -1.99. The van der Waals surface area contributed by atoms with Gasteiger partial charge in [0.15, 0.2) is 0 Å². The SMILES string of the molecule is COc1ccccc1CC(=O)OCCCCCCNCC(O)c1cc(Cl)c(N)c(Cl)c1. The molecular weight excluding hydrogens is 439 g/mol. The van der Waals surface area contributed by atoms with Crippen LogP contribution in [0.2, 0.25) is 10.0 Å². The van der Waals surface area contributed by atoms with Gasteiger partial charge in [0.2, 0.25) is 0 Å². The monoisotopic (exact) mass is 468 g/mol. The number of aliphatic hydroxyl groups is 1. The lowest BCUT2D eigenvalue weighted by molar-refractivity contribution is -0.143. The van der Waals surface area contributed by atoms with E-state index in [9.17, 15) is 9.90 Å². The van der Waals surface area contributed by atoms with Gasteiger partial charge in [-0.1, -0.05) is 54.2 Å². The van der Waals surface area contributed by atoms with E-state index >= 15 is 0 Å². The second-order valence-corrected chi connectivity index (χ2v) is 8.06. The molecule has 0 amide bonds. The molecule has 0 aliphatic rings. The molecule has 0 fully saturated rings. The molecule has 0 bridgehead atoms. The Labute approximate surface area is 193 Å². The number of benzene rings is 2. The number of methoxy groups -OCH3 is 1. The zero-order chi connectivity index (χ0) is 22.6. The van der Waals surface area contributed by atoms with Gasteiger partial charge in [-0.25, -0.2) is 0 Å². The van der Waals surface area contributed by atoms with Crippen LogP contribution in [0.25, 0.3) is 0 Å². The Morgan fingerprint density at radius 3 is 2.52 bits per heavy atom. The zero-order valence-electron chi connectivity index (χ0n) is 17.7.